The molecule has 5 heteroatoms. The monoisotopic (exact) mass is 289 g/mol. The Morgan fingerprint density at radius 2 is 2.30 bits per heavy atom. The summed E-state index contributed by atoms with van der Waals surface area (Å²) >= 11 is 1.59. The van der Waals surface area contributed by atoms with Gasteiger partial charge in [0.15, 0.2) is 0 Å². The Kier molecular flexibility index (Phi) is 4.87. The van der Waals surface area contributed by atoms with Crippen molar-refractivity contribution >= 4 is 17.2 Å². The molecule has 3 N–H and O–H groups in total. The maximum atomic E-state index is 12.0. The predicted octanol–water partition coefficient (Wildman–Crippen LogP) is 2.59. The van der Waals surface area contributed by atoms with Crippen LogP contribution in [0.1, 0.15) is 29.4 Å². The number of nitrogens with two attached hydrogens (primary N) is 1. The minimum Gasteiger partial charge on any atom is -0.352 e. The average molecular weight is 289 g/mol. The van der Waals surface area contributed by atoms with Crippen LogP contribution in [-0.4, -0.2) is 23.5 Å². The zero-order valence-electron chi connectivity index (χ0n) is 11.7. The van der Waals surface area contributed by atoms with E-state index in [2.05, 4.69) is 10.3 Å². The minimum atomic E-state index is -0.0687. The summed E-state index contributed by atoms with van der Waals surface area (Å²) in [6.45, 7) is 4.49. The fourth-order valence-corrected chi connectivity index (χ4v) is 2.59. The zero-order valence-corrected chi connectivity index (χ0v) is 12.5. The van der Waals surface area contributed by atoms with Crippen LogP contribution in [0.3, 0.4) is 0 Å². The Hall–Kier alpha value is -1.72. The van der Waals surface area contributed by atoms with Crippen LogP contribution in [0.4, 0.5) is 0 Å². The molecular formula is C15H19N3OS. The summed E-state index contributed by atoms with van der Waals surface area (Å²) in [6.07, 6.45) is 0.775. The molecule has 0 spiro atoms. The molecule has 2 rings (SSSR count). The average Bonchev–Trinajstić information content (AvgIpc) is 2.85. The van der Waals surface area contributed by atoms with Gasteiger partial charge >= 0.3 is 0 Å². The summed E-state index contributed by atoms with van der Waals surface area (Å²) in [4.78, 5) is 16.5. The van der Waals surface area contributed by atoms with Gasteiger partial charge < -0.3 is 11.1 Å². The molecule has 0 saturated heterocycles. The number of amides is 1. The van der Waals surface area contributed by atoms with Crippen molar-refractivity contribution in [3.8, 4) is 10.6 Å². The van der Waals surface area contributed by atoms with E-state index in [1.165, 1.54) is 0 Å². The van der Waals surface area contributed by atoms with E-state index >= 15 is 0 Å². The van der Waals surface area contributed by atoms with E-state index < -0.39 is 0 Å². The van der Waals surface area contributed by atoms with Gasteiger partial charge in [0.05, 0.1) is 0 Å². The fraction of sp³-hybridized carbons (Fsp3) is 0.333. The number of hydrogen-bond donors (Lipinski definition) is 2. The predicted molar refractivity (Wildman–Crippen MR) is 82.9 cm³/mol. The molecule has 0 aliphatic rings. The molecule has 1 unspecified atom stereocenters. The van der Waals surface area contributed by atoms with E-state index in [0.29, 0.717) is 12.1 Å². The van der Waals surface area contributed by atoms with E-state index in [1.54, 1.807) is 11.3 Å². The molecule has 0 fully saturated rings. The number of carbonyl (C=O) groups is 1. The first-order valence-corrected chi connectivity index (χ1v) is 7.50. The van der Waals surface area contributed by atoms with Gasteiger partial charge in [-0.1, -0.05) is 12.1 Å². The summed E-state index contributed by atoms with van der Waals surface area (Å²) in [5.74, 6) is -0.0687. The Morgan fingerprint density at radius 3 is 2.95 bits per heavy atom. The molecular weight excluding hydrogens is 270 g/mol. The summed E-state index contributed by atoms with van der Waals surface area (Å²) < 4.78 is 0. The molecule has 0 bridgehead atoms. The van der Waals surface area contributed by atoms with Crippen LogP contribution in [-0.2, 0) is 0 Å². The lowest BCUT2D eigenvalue weighted by molar-refractivity contribution is 0.0953. The summed E-state index contributed by atoms with van der Waals surface area (Å²) in [5.41, 5.74) is 8.29. The van der Waals surface area contributed by atoms with Gasteiger partial charge in [-0.15, -0.1) is 11.3 Å². The highest BCUT2D eigenvalue weighted by atomic mass is 32.1. The van der Waals surface area contributed by atoms with Crippen LogP contribution >= 0.6 is 11.3 Å². The first kappa shape index (κ1) is 14.7. The molecule has 1 amide bonds. The van der Waals surface area contributed by atoms with Crippen molar-refractivity contribution in [1.82, 2.24) is 10.3 Å². The molecule has 0 aliphatic heterocycles. The number of aromatic nitrogens is 1. The van der Waals surface area contributed by atoms with Crippen LogP contribution in [0.2, 0.25) is 0 Å². The number of aryl methyl sites for hydroxylation is 1. The van der Waals surface area contributed by atoms with Gasteiger partial charge in [-0.25, -0.2) is 4.98 Å². The van der Waals surface area contributed by atoms with Crippen LogP contribution < -0.4 is 11.1 Å². The van der Waals surface area contributed by atoms with Crippen molar-refractivity contribution in [2.75, 3.05) is 6.54 Å². The molecule has 20 heavy (non-hydrogen) atoms. The van der Waals surface area contributed by atoms with E-state index in [-0.39, 0.29) is 11.9 Å². The van der Waals surface area contributed by atoms with Gasteiger partial charge in [0.2, 0.25) is 0 Å². The summed E-state index contributed by atoms with van der Waals surface area (Å²) in [6, 6.07) is 7.63. The van der Waals surface area contributed by atoms with Crippen LogP contribution in [0.25, 0.3) is 10.6 Å². The molecule has 0 aliphatic carbocycles. The molecule has 106 valence electrons. The van der Waals surface area contributed by atoms with Crippen molar-refractivity contribution in [1.29, 1.82) is 0 Å². The van der Waals surface area contributed by atoms with Gasteiger partial charge in [0.1, 0.15) is 5.01 Å². The minimum absolute atomic E-state index is 0.0687. The number of hydrogen-bond acceptors (Lipinski definition) is 4. The largest absolute Gasteiger partial charge is 0.352 e. The van der Waals surface area contributed by atoms with Gasteiger partial charge in [-0.05, 0) is 32.4 Å². The van der Waals surface area contributed by atoms with Crippen molar-refractivity contribution in [3.63, 3.8) is 0 Å². The zero-order chi connectivity index (χ0) is 14.5. The molecule has 1 aromatic carbocycles. The normalized spacial score (nSPS) is 12.2. The molecule has 1 aromatic heterocycles. The lowest BCUT2D eigenvalue weighted by atomic mass is 10.1. The lowest BCUT2D eigenvalue weighted by Gasteiger charge is -2.08. The topological polar surface area (TPSA) is 68.0 Å². The smallest absolute Gasteiger partial charge is 0.251 e. The number of nitrogens with one attached hydrogen (secondary N) is 1. The number of thiazole rings is 1. The van der Waals surface area contributed by atoms with Gasteiger partial charge in [-0.3, -0.25) is 4.79 Å². The van der Waals surface area contributed by atoms with E-state index in [0.717, 1.165) is 22.7 Å². The van der Waals surface area contributed by atoms with Gasteiger partial charge in [-0.2, -0.15) is 0 Å². The van der Waals surface area contributed by atoms with E-state index in [9.17, 15) is 4.79 Å². The second-order valence-electron chi connectivity index (χ2n) is 4.90. The highest BCUT2D eigenvalue weighted by Crippen LogP contribution is 2.24. The van der Waals surface area contributed by atoms with Crippen molar-refractivity contribution < 1.29 is 4.79 Å². The van der Waals surface area contributed by atoms with Crippen molar-refractivity contribution in [2.24, 2.45) is 5.73 Å². The van der Waals surface area contributed by atoms with E-state index in [1.807, 2.05) is 43.5 Å². The molecule has 0 saturated carbocycles. The lowest BCUT2D eigenvalue weighted by Crippen LogP contribution is -2.28. The third kappa shape index (κ3) is 3.88. The summed E-state index contributed by atoms with van der Waals surface area (Å²) in [7, 11) is 0. The van der Waals surface area contributed by atoms with Crippen molar-refractivity contribution in [3.05, 3.63) is 40.9 Å². The Morgan fingerprint density at radius 1 is 1.50 bits per heavy atom. The van der Waals surface area contributed by atoms with E-state index in [4.69, 9.17) is 5.73 Å². The molecule has 2 aromatic rings. The quantitative estimate of drug-likeness (QED) is 0.889. The first-order valence-electron chi connectivity index (χ1n) is 6.62. The highest BCUT2D eigenvalue weighted by Gasteiger charge is 2.08. The fourth-order valence-electron chi connectivity index (χ4n) is 1.80. The second kappa shape index (κ2) is 6.63. The van der Waals surface area contributed by atoms with Gasteiger partial charge in [0.25, 0.3) is 5.91 Å². The molecule has 1 atom stereocenters. The van der Waals surface area contributed by atoms with Crippen molar-refractivity contribution in [2.45, 2.75) is 26.3 Å². The molecule has 0 radical (unpaired) electrons. The Balaban J connectivity index is 2.07. The summed E-state index contributed by atoms with van der Waals surface area (Å²) in [5, 5.41) is 5.82. The third-order valence-electron chi connectivity index (χ3n) is 2.88. The number of benzene rings is 1. The van der Waals surface area contributed by atoms with Crippen LogP contribution in [0.5, 0.6) is 0 Å². The van der Waals surface area contributed by atoms with Gasteiger partial charge in [0, 0.05) is 34.8 Å². The number of nitrogens with zero attached hydrogens (tertiary/aromatic N) is 1. The highest BCUT2D eigenvalue weighted by molar-refractivity contribution is 7.13. The first-order chi connectivity index (χ1) is 9.56. The maximum Gasteiger partial charge on any atom is 0.251 e. The van der Waals surface area contributed by atoms with Crippen LogP contribution in [0, 0.1) is 6.92 Å². The third-order valence-corrected chi connectivity index (χ3v) is 3.89. The SMILES string of the molecule is Cc1csc(-c2cccc(C(=O)NCCC(C)N)c2)n1. The number of carbonyl (C=O) groups excluding carboxylic acids is 1. The molecule has 1 heterocycles. The molecule has 4 nitrogen and oxygen atoms in total. The van der Waals surface area contributed by atoms with Crippen LogP contribution in [0.15, 0.2) is 29.6 Å². The maximum absolute atomic E-state index is 12.0. The Labute approximate surface area is 123 Å². The number of rotatable bonds is 5. The standard InChI is InChI=1S/C15H19N3OS/c1-10(16)6-7-17-14(19)12-4-3-5-13(8-12)15-18-11(2)9-20-15/h3-5,8-10H,6-7,16H2,1-2H3,(H,17,19). The Bertz CT molecular complexity index is 592. The second-order valence-corrected chi connectivity index (χ2v) is 5.75.